The molecule has 1 aliphatic rings. The predicted molar refractivity (Wildman–Crippen MR) is 133 cm³/mol. The molecule has 0 atom stereocenters. The van der Waals surface area contributed by atoms with E-state index in [9.17, 15) is 14.4 Å². The molecule has 174 valence electrons. The van der Waals surface area contributed by atoms with Gasteiger partial charge in [-0.05, 0) is 78.7 Å². The number of carbonyl (C=O) groups is 3. The maximum absolute atomic E-state index is 12.4. The number of carbonyl (C=O) groups excluding carboxylic acids is 3. The Morgan fingerprint density at radius 1 is 0.882 bits per heavy atom. The second kappa shape index (κ2) is 10.1. The van der Waals surface area contributed by atoms with E-state index in [-0.39, 0.29) is 24.3 Å². The third-order valence-corrected chi connectivity index (χ3v) is 5.59. The van der Waals surface area contributed by atoms with E-state index >= 15 is 0 Å². The molecule has 34 heavy (non-hydrogen) atoms. The van der Waals surface area contributed by atoms with Gasteiger partial charge in [-0.3, -0.25) is 14.4 Å². The minimum absolute atomic E-state index is 0.0176. The standard InChI is InChI=1S/C26H26N4O4/c1-17(31)30-14-13-19-15-22(9-12-24(19)30)28-25(32)16-27-20-5-3-18(4-6-20)26(33)29-21-7-10-23(34-2)11-8-21/h3-12,15,27H,13-14,16H2,1-2H3,(H,28,32)(H,29,33). The molecular formula is C26H26N4O4. The highest BCUT2D eigenvalue weighted by molar-refractivity contribution is 6.04. The summed E-state index contributed by atoms with van der Waals surface area (Å²) in [7, 11) is 1.59. The number of ether oxygens (including phenoxy) is 1. The van der Waals surface area contributed by atoms with Gasteiger partial charge in [0.1, 0.15) is 5.75 Å². The lowest BCUT2D eigenvalue weighted by molar-refractivity contribution is -0.116. The van der Waals surface area contributed by atoms with Gasteiger partial charge < -0.3 is 25.6 Å². The molecule has 3 N–H and O–H groups in total. The van der Waals surface area contributed by atoms with E-state index < -0.39 is 0 Å². The highest BCUT2D eigenvalue weighted by atomic mass is 16.5. The van der Waals surface area contributed by atoms with E-state index in [4.69, 9.17) is 4.74 Å². The molecule has 0 saturated carbocycles. The van der Waals surface area contributed by atoms with E-state index in [1.54, 1.807) is 73.5 Å². The lowest BCUT2D eigenvalue weighted by Crippen LogP contribution is -2.25. The van der Waals surface area contributed by atoms with Gasteiger partial charge in [-0.25, -0.2) is 0 Å². The van der Waals surface area contributed by atoms with Gasteiger partial charge in [-0.1, -0.05) is 0 Å². The van der Waals surface area contributed by atoms with E-state index in [1.165, 1.54) is 0 Å². The maximum atomic E-state index is 12.4. The van der Waals surface area contributed by atoms with Crippen molar-refractivity contribution in [1.29, 1.82) is 0 Å². The predicted octanol–water partition coefficient (Wildman–Crippen LogP) is 3.91. The number of anilines is 4. The number of hydrogen-bond donors (Lipinski definition) is 3. The van der Waals surface area contributed by atoms with Crippen LogP contribution in [0.15, 0.2) is 66.7 Å². The van der Waals surface area contributed by atoms with Crippen LogP contribution in [-0.2, 0) is 16.0 Å². The highest BCUT2D eigenvalue weighted by Crippen LogP contribution is 2.30. The van der Waals surface area contributed by atoms with Crippen molar-refractivity contribution in [2.45, 2.75) is 13.3 Å². The molecule has 3 amide bonds. The SMILES string of the molecule is COc1ccc(NC(=O)c2ccc(NCC(=O)Nc3ccc4c(c3)CCN4C(C)=O)cc2)cc1. The lowest BCUT2D eigenvalue weighted by atomic mass is 10.1. The van der Waals surface area contributed by atoms with Crippen molar-refractivity contribution in [1.82, 2.24) is 0 Å². The van der Waals surface area contributed by atoms with Crippen LogP contribution in [0.2, 0.25) is 0 Å². The summed E-state index contributed by atoms with van der Waals surface area (Å²) in [6, 6.07) is 19.6. The summed E-state index contributed by atoms with van der Waals surface area (Å²) >= 11 is 0. The van der Waals surface area contributed by atoms with Crippen LogP contribution in [-0.4, -0.2) is 37.9 Å². The minimum atomic E-state index is -0.227. The van der Waals surface area contributed by atoms with Crippen molar-refractivity contribution >= 4 is 40.5 Å². The number of fused-ring (bicyclic) bond motifs is 1. The quantitative estimate of drug-likeness (QED) is 0.499. The summed E-state index contributed by atoms with van der Waals surface area (Å²) in [6.45, 7) is 2.29. The zero-order valence-electron chi connectivity index (χ0n) is 19.1. The number of hydrogen-bond acceptors (Lipinski definition) is 5. The minimum Gasteiger partial charge on any atom is -0.497 e. The number of methoxy groups -OCH3 is 1. The topological polar surface area (TPSA) is 99.8 Å². The van der Waals surface area contributed by atoms with Gasteiger partial charge in [0.05, 0.1) is 13.7 Å². The Kier molecular flexibility index (Phi) is 6.77. The summed E-state index contributed by atoms with van der Waals surface area (Å²) in [5, 5.41) is 8.76. The zero-order chi connectivity index (χ0) is 24.1. The van der Waals surface area contributed by atoms with Gasteiger partial charge in [-0.2, -0.15) is 0 Å². The Morgan fingerprint density at radius 2 is 1.56 bits per heavy atom. The molecule has 3 aromatic carbocycles. The largest absolute Gasteiger partial charge is 0.497 e. The second-order valence-corrected chi connectivity index (χ2v) is 7.93. The molecule has 4 rings (SSSR count). The van der Waals surface area contributed by atoms with E-state index in [1.807, 2.05) is 12.1 Å². The van der Waals surface area contributed by atoms with Crippen molar-refractivity contribution in [3.8, 4) is 5.75 Å². The molecular weight excluding hydrogens is 432 g/mol. The van der Waals surface area contributed by atoms with Crippen LogP contribution in [0.1, 0.15) is 22.8 Å². The molecule has 0 spiro atoms. The van der Waals surface area contributed by atoms with Crippen LogP contribution in [0.3, 0.4) is 0 Å². The van der Waals surface area contributed by atoms with Crippen LogP contribution in [0, 0.1) is 0 Å². The fourth-order valence-corrected chi connectivity index (χ4v) is 3.81. The maximum Gasteiger partial charge on any atom is 0.255 e. The van der Waals surface area contributed by atoms with Crippen LogP contribution in [0.4, 0.5) is 22.7 Å². The second-order valence-electron chi connectivity index (χ2n) is 7.93. The fourth-order valence-electron chi connectivity index (χ4n) is 3.81. The first-order chi connectivity index (χ1) is 16.4. The van der Waals surface area contributed by atoms with Gasteiger partial charge in [-0.15, -0.1) is 0 Å². The molecule has 8 nitrogen and oxygen atoms in total. The van der Waals surface area contributed by atoms with E-state index in [2.05, 4.69) is 16.0 Å². The smallest absolute Gasteiger partial charge is 0.255 e. The first kappa shape index (κ1) is 22.8. The number of benzene rings is 3. The molecule has 0 saturated heterocycles. The molecule has 8 heteroatoms. The summed E-state index contributed by atoms with van der Waals surface area (Å²) in [5.74, 6) is 0.314. The first-order valence-electron chi connectivity index (χ1n) is 10.9. The molecule has 0 aliphatic carbocycles. The molecule has 0 aromatic heterocycles. The van der Waals surface area contributed by atoms with Crippen LogP contribution >= 0.6 is 0 Å². The molecule has 0 unspecified atom stereocenters. The van der Waals surface area contributed by atoms with E-state index in [0.717, 1.165) is 23.4 Å². The Balaban J connectivity index is 1.28. The number of nitrogens with zero attached hydrogens (tertiary/aromatic N) is 1. The number of rotatable bonds is 7. The van der Waals surface area contributed by atoms with E-state index in [0.29, 0.717) is 29.2 Å². The molecule has 1 heterocycles. The monoisotopic (exact) mass is 458 g/mol. The Bertz CT molecular complexity index is 1210. The van der Waals surface area contributed by atoms with Crippen molar-refractivity contribution in [3.63, 3.8) is 0 Å². The molecule has 1 aliphatic heterocycles. The zero-order valence-corrected chi connectivity index (χ0v) is 19.1. The normalized spacial score (nSPS) is 12.0. The Morgan fingerprint density at radius 3 is 2.24 bits per heavy atom. The van der Waals surface area contributed by atoms with Crippen LogP contribution in [0.5, 0.6) is 5.75 Å². The number of amides is 3. The number of nitrogens with one attached hydrogen (secondary N) is 3. The van der Waals surface area contributed by atoms with Crippen LogP contribution in [0.25, 0.3) is 0 Å². The average molecular weight is 459 g/mol. The molecule has 3 aromatic rings. The summed E-state index contributed by atoms with van der Waals surface area (Å²) in [6.07, 6.45) is 0.773. The fraction of sp³-hybridized carbons (Fsp3) is 0.192. The van der Waals surface area contributed by atoms with Crippen molar-refractivity contribution < 1.29 is 19.1 Å². The highest BCUT2D eigenvalue weighted by Gasteiger charge is 2.22. The van der Waals surface area contributed by atoms with Gasteiger partial charge >= 0.3 is 0 Å². The summed E-state index contributed by atoms with van der Waals surface area (Å²) in [5.41, 5.74) is 4.54. The van der Waals surface area contributed by atoms with Gasteiger partial charge in [0.15, 0.2) is 0 Å². The van der Waals surface area contributed by atoms with Gasteiger partial charge in [0.25, 0.3) is 5.91 Å². The average Bonchev–Trinajstić information content (AvgIpc) is 3.27. The first-order valence-corrected chi connectivity index (χ1v) is 10.9. The Hall–Kier alpha value is -4.33. The third-order valence-electron chi connectivity index (χ3n) is 5.59. The van der Waals surface area contributed by atoms with Crippen molar-refractivity contribution in [2.75, 3.05) is 41.0 Å². The summed E-state index contributed by atoms with van der Waals surface area (Å²) < 4.78 is 5.11. The lowest BCUT2D eigenvalue weighted by Gasteiger charge is -2.15. The molecule has 0 fully saturated rings. The van der Waals surface area contributed by atoms with Crippen molar-refractivity contribution in [3.05, 3.63) is 77.9 Å². The van der Waals surface area contributed by atoms with Gasteiger partial charge in [0, 0.05) is 41.8 Å². The van der Waals surface area contributed by atoms with Crippen LogP contribution < -0.4 is 25.6 Å². The Labute approximate surface area is 197 Å². The van der Waals surface area contributed by atoms with Gasteiger partial charge in [0.2, 0.25) is 11.8 Å². The summed E-state index contributed by atoms with van der Waals surface area (Å²) in [4.78, 5) is 38.2. The van der Waals surface area contributed by atoms with Crippen molar-refractivity contribution in [2.24, 2.45) is 0 Å². The molecule has 0 radical (unpaired) electrons. The molecule has 0 bridgehead atoms. The third kappa shape index (κ3) is 5.35.